The molecule has 6 nitrogen and oxygen atoms in total. The van der Waals surface area contributed by atoms with Gasteiger partial charge in [-0.1, -0.05) is 41.4 Å². The Morgan fingerprint density at radius 3 is 2.64 bits per heavy atom. The van der Waals surface area contributed by atoms with Crippen LogP contribution >= 0.6 is 11.6 Å². The Bertz CT molecular complexity index is 877. The first kappa shape index (κ1) is 17.0. The number of nitrogens with zero attached hydrogens (tertiary/aromatic N) is 2. The first-order valence-electron chi connectivity index (χ1n) is 7.66. The number of aryl methyl sites for hydroxylation is 1. The molecule has 3 aromatic rings. The van der Waals surface area contributed by atoms with Crippen LogP contribution in [-0.2, 0) is 4.79 Å². The summed E-state index contributed by atoms with van der Waals surface area (Å²) in [7, 11) is 0. The van der Waals surface area contributed by atoms with Crippen LogP contribution in [0.25, 0.3) is 11.5 Å². The fourth-order valence-electron chi connectivity index (χ4n) is 2.08. The summed E-state index contributed by atoms with van der Waals surface area (Å²) in [4.78, 5) is 16.4. The van der Waals surface area contributed by atoms with E-state index in [0.29, 0.717) is 16.7 Å². The van der Waals surface area contributed by atoms with E-state index in [1.807, 2.05) is 31.2 Å². The van der Waals surface area contributed by atoms with E-state index in [2.05, 4.69) is 15.5 Å². The molecule has 0 radical (unpaired) electrons. The zero-order valence-corrected chi connectivity index (χ0v) is 14.4. The van der Waals surface area contributed by atoms with Gasteiger partial charge in [0.25, 0.3) is 17.7 Å². The van der Waals surface area contributed by atoms with Gasteiger partial charge in [0.15, 0.2) is 6.10 Å². The van der Waals surface area contributed by atoms with Gasteiger partial charge in [-0.05, 0) is 43.3 Å². The molecule has 0 aliphatic carbocycles. The number of anilines is 1. The summed E-state index contributed by atoms with van der Waals surface area (Å²) < 4.78 is 10.7. The van der Waals surface area contributed by atoms with Crippen LogP contribution in [0, 0.1) is 6.92 Å². The fraction of sp³-hybridized carbons (Fsp3) is 0.167. The van der Waals surface area contributed by atoms with Crippen molar-refractivity contribution in [3.8, 4) is 17.2 Å². The minimum Gasteiger partial charge on any atom is -0.479 e. The number of rotatable bonds is 5. The number of carbonyl (C=O) groups is 1. The van der Waals surface area contributed by atoms with Crippen LogP contribution in [-0.4, -0.2) is 22.2 Å². The van der Waals surface area contributed by atoms with Gasteiger partial charge < -0.3 is 9.26 Å². The molecule has 25 heavy (non-hydrogen) atoms. The Balaban J connectivity index is 1.65. The molecule has 3 rings (SSSR count). The van der Waals surface area contributed by atoms with Gasteiger partial charge in [0, 0.05) is 5.56 Å². The number of amides is 1. The number of benzene rings is 2. The van der Waals surface area contributed by atoms with Gasteiger partial charge in [0.2, 0.25) is 0 Å². The Labute approximate surface area is 149 Å². The second-order valence-corrected chi connectivity index (χ2v) is 5.88. The number of nitrogens with one attached hydrogen (secondary N) is 1. The average Bonchev–Trinajstić information content (AvgIpc) is 3.06. The van der Waals surface area contributed by atoms with Gasteiger partial charge in [-0.25, -0.2) is 0 Å². The molecular formula is C18H16ClN3O3. The van der Waals surface area contributed by atoms with E-state index in [1.165, 1.54) is 0 Å². The summed E-state index contributed by atoms with van der Waals surface area (Å²) in [6.45, 7) is 3.60. The average molecular weight is 358 g/mol. The molecule has 128 valence electrons. The Morgan fingerprint density at radius 1 is 1.20 bits per heavy atom. The summed E-state index contributed by atoms with van der Waals surface area (Å²) >= 11 is 6.02. The lowest BCUT2D eigenvalue weighted by Crippen LogP contribution is -2.30. The van der Waals surface area contributed by atoms with E-state index in [-0.39, 0.29) is 5.95 Å². The summed E-state index contributed by atoms with van der Waals surface area (Å²) in [5, 5.41) is 6.76. The molecule has 0 aliphatic rings. The standard InChI is InChI=1S/C18H16ClN3O3/c1-11-7-9-13(10-8-11)17-21-18(22-25-17)20-16(23)12(2)24-15-6-4-3-5-14(15)19/h3-10,12H,1-2H3,(H,20,22,23). The van der Waals surface area contributed by atoms with Gasteiger partial charge in [-0.15, -0.1) is 0 Å². The third kappa shape index (κ3) is 4.16. The lowest BCUT2D eigenvalue weighted by atomic mass is 10.1. The highest BCUT2D eigenvalue weighted by Crippen LogP contribution is 2.24. The highest BCUT2D eigenvalue weighted by atomic mass is 35.5. The van der Waals surface area contributed by atoms with Crippen LogP contribution in [0.2, 0.25) is 5.02 Å². The number of ether oxygens (including phenoxy) is 1. The number of hydrogen-bond acceptors (Lipinski definition) is 5. The molecule has 1 N–H and O–H groups in total. The van der Waals surface area contributed by atoms with Crippen LogP contribution < -0.4 is 10.1 Å². The number of aromatic nitrogens is 2. The fourth-order valence-corrected chi connectivity index (χ4v) is 2.26. The SMILES string of the molecule is Cc1ccc(-c2nc(NC(=O)C(C)Oc3ccccc3Cl)no2)cc1. The number of hydrogen-bond donors (Lipinski definition) is 1. The van der Waals surface area contributed by atoms with Crippen molar-refractivity contribution < 1.29 is 14.1 Å². The zero-order valence-electron chi connectivity index (χ0n) is 13.7. The Morgan fingerprint density at radius 2 is 1.92 bits per heavy atom. The van der Waals surface area contributed by atoms with E-state index in [9.17, 15) is 4.79 Å². The second-order valence-electron chi connectivity index (χ2n) is 5.47. The van der Waals surface area contributed by atoms with Gasteiger partial charge in [-0.2, -0.15) is 4.98 Å². The molecule has 1 unspecified atom stereocenters. The van der Waals surface area contributed by atoms with Crippen molar-refractivity contribution in [2.75, 3.05) is 5.32 Å². The quantitative estimate of drug-likeness (QED) is 0.743. The van der Waals surface area contributed by atoms with Crippen LogP contribution in [0.1, 0.15) is 12.5 Å². The van der Waals surface area contributed by atoms with Crippen molar-refractivity contribution in [2.24, 2.45) is 0 Å². The van der Waals surface area contributed by atoms with E-state index >= 15 is 0 Å². The molecule has 1 amide bonds. The summed E-state index contributed by atoms with van der Waals surface area (Å²) in [5.41, 5.74) is 1.90. The zero-order chi connectivity index (χ0) is 17.8. The van der Waals surface area contributed by atoms with Crippen LogP contribution in [0.3, 0.4) is 0 Å². The lowest BCUT2D eigenvalue weighted by molar-refractivity contribution is -0.122. The molecule has 1 atom stereocenters. The summed E-state index contributed by atoms with van der Waals surface area (Å²) in [6, 6.07) is 14.6. The monoisotopic (exact) mass is 357 g/mol. The molecular weight excluding hydrogens is 342 g/mol. The van der Waals surface area contributed by atoms with Crippen molar-refractivity contribution in [3.05, 3.63) is 59.1 Å². The molecule has 0 saturated heterocycles. The largest absolute Gasteiger partial charge is 0.479 e. The summed E-state index contributed by atoms with van der Waals surface area (Å²) in [6.07, 6.45) is -0.777. The second kappa shape index (κ2) is 7.36. The third-order valence-corrected chi connectivity index (χ3v) is 3.78. The molecule has 7 heteroatoms. The maximum atomic E-state index is 12.2. The van der Waals surface area contributed by atoms with Crippen LogP contribution in [0.5, 0.6) is 5.75 Å². The molecule has 0 bridgehead atoms. The minimum absolute atomic E-state index is 0.0789. The minimum atomic E-state index is -0.777. The molecule has 1 heterocycles. The van der Waals surface area contributed by atoms with Crippen LogP contribution in [0.15, 0.2) is 53.1 Å². The van der Waals surface area contributed by atoms with Crippen molar-refractivity contribution in [1.29, 1.82) is 0 Å². The Kier molecular flexibility index (Phi) is 5.00. The maximum Gasteiger partial charge on any atom is 0.270 e. The normalized spacial score (nSPS) is 11.8. The van der Waals surface area contributed by atoms with E-state index < -0.39 is 12.0 Å². The van der Waals surface area contributed by atoms with Crippen LogP contribution in [0.4, 0.5) is 5.95 Å². The van der Waals surface area contributed by atoms with Gasteiger partial charge >= 0.3 is 0 Å². The van der Waals surface area contributed by atoms with E-state index in [0.717, 1.165) is 11.1 Å². The molecule has 2 aromatic carbocycles. The maximum absolute atomic E-state index is 12.2. The highest BCUT2D eigenvalue weighted by molar-refractivity contribution is 6.32. The lowest BCUT2D eigenvalue weighted by Gasteiger charge is -2.14. The smallest absolute Gasteiger partial charge is 0.270 e. The molecule has 0 aliphatic heterocycles. The molecule has 0 saturated carbocycles. The molecule has 1 aromatic heterocycles. The number of para-hydroxylation sites is 1. The van der Waals surface area contributed by atoms with Gasteiger partial charge in [0.1, 0.15) is 5.75 Å². The van der Waals surface area contributed by atoms with Crippen molar-refractivity contribution in [2.45, 2.75) is 20.0 Å². The summed E-state index contributed by atoms with van der Waals surface area (Å²) in [5.74, 6) is 0.432. The first-order chi connectivity index (χ1) is 12.0. The number of halogens is 1. The van der Waals surface area contributed by atoms with Gasteiger partial charge in [-0.3, -0.25) is 10.1 Å². The Hall–Kier alpha value is -2.86. The predicted octanol–water partition coefficient (Wildman–Crippen LogP) is 4.10. The third-order valence-electron chi connectivity index (χ3n) is 3.47. The predicted molar refractivity (Wildman–Crippen MR) is 94.6 cm³/mol. The van der Waals surface area contributed by atoms with E-state index in [1.54, 1.807) is 31.2 Å². The van der Waals surface area contributed by atoms with Gasteiger partial charge in [0.05, 0.1) is 5.02 Å². The van der Waals surface area contributed by atoms with Crippen molar-refractivity contribution >= 4 is 23.5 Å². The molecule has 0 fully saturated rings. The van der Waals surface area contributed by atoms with E-state index in [4.69, 9.17) is 20.9 Å². The number of carbonyl (C=O) groups excluding carboxylic acids is 1. The van der Waals surface area contributed by atoms with Crippen molar-refractivity contribution in [1.82, 2.24) is 10.1 Å². The molecule has 0 spiro atoms. The first-order valence-corrected chi connectivity index (χ1v) is 8.03. The highest BCUT2D eigenvalue weighted by Gasteiger charge is 2.19. The van der Waals surface area contributed by atoms with Crippen molar-refractivity contribution in [3.63, 3.8) is 0 Å². The topological polar surface area (TPSA) is 77.2 Å².